The van der Waals surface area contributed by atoms with Gasteiger partial charge in [-0.3, -0.25) is 0 Å². The summed E-state index contributed by atoms with van der Waals surface area (Å²) in [5.41, 5.74) is -15.5. The van der Waals surface area contributed by atoms with Crippen molar-refractivity contribution in [2.24, 2.45) is 0 Å². The molecule has 28 heteroatoms. The van der Waals surface area contributed by atoms with Gasteiger partial charge in [0.15, 0.2) is 93.1 Å². The van der Waals surface area contributed by atoms with E-state index in [1.54, 1.807) is 0 Å². The number of hydrogen-bond acceptors (Lipinski definition) is 2. The van der Waals surface area contributed by atoms with Crippen LogP contribution in [0.15, 0.2) is 84.9 Å². The maximum atomic E-state index is 16.4. The largest absolute Gasteiger partial charge is 0.354 e. The lowest BCUT2D eigenvalue weighted by Crippen LogP contribution is -2.04. The summed E-state index contributed by atoms with van der Waals surface area (Å²) in [6.07, 6.45) is 0. The van der Waals surface area contributed by atoms with Crippen LogP contribution in [0, 0.1) is 116 Å². The van der Waals surface area contributed by atoms with E-state index in [0.717, 1.165) is 48.5 Å². The molecule has 0 saturated carbocycles. The van der Waals surface area contributed by atoms with Gasteiger partial charge in [0.25, 0.3) is 0 Å². The van der Waals surface area contributed by atoms with Crippen LogP contribution >= 0.6 is 0 Å². The number of rotatable bonds is 4. The van der Waals surface area contributed by atoms with E-state index in [4.69, 9.17) is 9.97 Å². The molecule has 0 aliphatic heterocycles. The average Bonchev–Trinajstić information content (AvgIpc) is 1.58. The minimum absolute atomic E-state index is 0.0801. The zero-order valence-corrected chi connectivity index (χ0v) is 43.5. The highest BCUT2D eigenvalue weighted by atomic mass is 19.2. The number of nitrogens with one attached hydrogen (secondary N) is 6. The van der Waals surface area contributed by atoms with Gasteiger partial charge in [0.2, 0.25) is 23.3 Å². The van der Waals surface area contributed by atoms with Crippen LogP contribution in [0.4, 0.5) is 87.8 Å². The molecule has 0 aliphatic carbocycles. The Balaban J connectivity index is 1.19. The first kappa shape index (κ1) is 55.5. The van der Waals surface area contributed by atoms with Gasteiger partial charge in [-0.1, -0.05) is 0 Å². The van der Waals surface area contributed by atoms with E-state index in [1.807, 2.05) is 0 Å². The third kappa shape index (κ3) is 7.52. The van der Waals surface area contributed by atoms with Crippen molar-refractivity contribution >= 4 is 110 Å². The summed E-state index contributed by atoms with van der Waals surface area (Å²) in [5.74, 6) is -49.1. The first-order valence-corrected chi connectivity index (χ1v) is 25.8. The molecule has 10 heterocycles. The molecule has 0 saturated heterocycles. The van der Waals surface area contributed by atoms with Gasteiger partial charge in [-0.05, 0) is 84.9 Å². The molecule has 0 fully saturated rings. The highest BCUT2D eigenvalue weighted by Gasteiger charge is 2.34. The van der Waals surface area contributed by atoms with E-state index in [9.17, 15) is 17.6 Å². The third-order valence-corrected chi connectivity index (χ3v) is 15.8. The molecule has 6 N–H and O–H groups in total. The molecule has 90 heavy (non-hydrogen) atoms. The second kappa shape index (κ2) is 19.2. The lowest BCUT2D eigenvalue weighted by atomic mass is 10.0. The number of nitrogens with zero attached hydrogens (tertiary/aromatic N) is 2. The monoisotopic (exact) mass is 1260 g/mol. The summed E-state index contributed by atoms with van der Waals surface area (Å²) in [7, 11) is 0. The van der Waals surface area contributed by atoms with Crippen molar-refractivity contribution in [2.75, 3.05) is 0 Å². The molecule has 0 radical (unpaired) electrons. The fourth-order valence-corrected chi connectivity index (χ4v) is 11.7. The minimum Gasteiger partial charge on any atom is -0.354 e. The smallest absolute Gasteiger partial charge is 0.200 e. The highest BCUT2D eigenvalue weighted by Crippen LogP contribution is 2.46. The molecule has 8 nitrogen and oxygen atoms in total. The van der Waals surface area contributed by atoms with Crippen molar-refractivity contribution in [1.82, 2.24) is 39.9 Å². The summed E-state index contributed by atoms with van der Waals surface area (Å²) < 4.78 is 312. The Morgan fingerprint density at radius 1 is 0.189 bits per heavy atom. The van der Waals surface area contributed by atoms with Gasteiger partial charge in [0, 0.05) is 99.0 Å². The van der Waals surface area contributed by atoms with Crippen LogP contribution in [-0.4, -0.2) is 39.9 Å². The van der Waals surface area contributed by atoms with Gasteiger partial charge in [0.1, 0.15) is 0 Å². The summed E-state index contributed by atoms with van der Waals surface area (Å²) in [6.45, 7) is 0. The van der Waals surface area contributed by atoms with E-state index < -0.39 is 205 Å². The Morgan fingerprint density at radius 3 is 0.578 bits per heavy atom. The number of aromatic nitrogens is 8. The van der Waals surface area contributed by atoms with Crippen molar-refractivity contribution in [3.05, 3.63) is 201 Å². The van der Waals surface area contributed by atoms with Crippen LogP contribution < -0.4 is 0 Å². The predicted octanol–water partition coefficient (Wildman–Crippen LogP) is 19.1. The Labute approximate surface area is 482 Å². The van der Waals surface area contributed by atoms with E-state index >= 15 is 70.2 Å². The lowest BCUT2D eigenvalue weighted by Gasteiger charge is -2.10. The molecule has 0 aliphatic rings. The standard InChI is InChI=1S/C62H20F20N8/c63-41-37(42(64)50(72)57(79)49(41)71)31-19-3-1-17(83-19)29-13-15-16-14-30-18-2-4-20(84-18)32(38-43(65)51(73)58(80)52(74)44(38)66)22-6-8-24(86-22)34(40-47(69)55(77)60(82)56(78)48(40)70)26-10-12-28(88-26)36(62(16)90-30)35(61(15)89-29)27-11-9-25(87-27)33(23-7-5-21(31)85-23)39-45(67)53(75)59(81)54(76)46(39)68/h1-14,83-88H. The van der Waals surface area contributed by atoms with Gasteiger partial charge in [-0.2, -0.15) is 0 Å². The molecule has 5 aromatic carbocycles. The van der Waals surface area contributed by atoms with Gasteiger partial charge in [-0.25, -0.2) is 97.8 Å². The number of halogens is 20. The van der Waals surface area contributed by atoms with Crippen molar-refractivity contribution in [1.29, 1.82) is 0 Å². The van der Waals surface area contributed by atoms with E-state index in [0.29, 0.717) is 0 Å². The zero-order chi connectivity index (χ0) is 63.3. The fourth-order valence-electron chi connectivity index (χ4n) is 11.7. The fraction of sp³-hybridized carbons (Fsp3) is 0. The summed E-state index contributed by atoms with van der Waals surface area (Å²) in [5, 5.41) is -0.107. The molecule has 16 bridgehead atoms. The predicted molar refractivity (Wildman–Crippen MR) is 291 cm³/mol. The molecule has 0 atom stereocenters. The van der Waals surface area contributed by atoms with Crippen LogP contribution in [0.3, 0.4) is 0 Å². The molecule has 15 rings (SSSR count). The zero-order valence-electron chi connectivity index (χ0n) is 43.5. The first-order chi connectivity index (χ1) is 42.9. The van der Waals surface area contributed by atoms with Crippen LogP contribution in [0.2, 0.25) is 0 Å². The van der Waals surface area contributed by atoms with Crippen LogP contribution in [0.1, 0.15) is 0 Å². The number of hydrogen-bond donors (Lipinski definition) is 6. The Kier molecular flexibility index (Phi) is 11.9. The molecule has 10 aromatic heterocycles. The maximum Gasteiger partial charge on any atom is 0.200 e. The molecule has 15 aromatic rings. The average molecular weight is 1260 g/mol. The van der Waals surface area contributed by atoms with Crippen molar-refractivity contribution in [3.63, 3.8) is 0 Å². The number of benzene rings is 5. The number of fused-ring (bicyclic) bond motifs is 20. The second-order valence-corrected chi connectivity index (χ2v) is 20.6. The minimum atomic E-state index is -2.60. The first-order valence-electron chi connectivity index (χ1n) is 25.8. The van der Waals surface area contributed by atoms with Gasteiger partial charge in [0.05, 0.1) is 55.4 Å². The van der Waals surface area contributed by atoms with Crippen LogP contribution in [0.25, 0.3) is 154 Å². The van der Waals surface area contributed by atoms with Crippen molar-refractivity contribution in [2.45, 2.75) is 0 Å². The van der Waals surface area contributed by atoms with Crippen molar-refractivity contribution in [3.8, 4) is 44.5 Å². The van der Waals surface area contributed by atoms with E-state index in [-0.39, 0.29) is 65.7 Å². The van der Waals surface area contributed by atoms with Gasteiger partial charge in [-0.15, -0.1) is 0 Å². The van der Waals surface area contributed by atoms with E-state index in [2.05, 4.69) is 29.9 Å². The molecule has 448 valence electrons. The van der Waals surface area contributed by atoms with Crippen molar-refractivity contribution < 1.29 is 87.8 Å². The normalized spacial score (nSPS) is 12.2. The second-order valence-electron chi connectivity index (χ2n) is 20.6. The number of H-pyrrole nitrogens is 6. The molecule has 0 amide bonds. The molecule has 0 spiro atoms. The topological polar surface area (TPSA) is 121 Å². The Morgan fingerprint density at radius 2 is 0.356 bits per heavy atom. The lowest BCUT2D eigenvalue weighted by molar-refractivity contribution is 0.381. The third-order valence-electron chi connectivity index (χ3n) is 15.8. The molecular formula is C62H20F20N8. The summed E-state index contributed by atoms with van der Waals surface area (Å²) >= 11 is 0. The summed E-state index contributed by atoms with van der Waals surface area (Å²) in [6, 6.07) is 15.7. The molecular weight excluding hydrogens is 1240 g/mol. The van der Waals surface area contributed by atoms with Gasteiger partial charge >= 0.3 is 0 Å². The van der Waals surface area contributed by atoms with Crippen LogP contribution in [0.5, 0.6) is 0 Å². The van der Waals surface area contributed by atoms with Gasteiger partial charge < -0.3 is 29.9 Å². The SMILES string of the molecule is Fc1c(F)c(F)c(-c2c3ccc([nH]3)c(-c3c(F)c(F)c(F)c(F)c3F)c3ccc([nH]3)c3c4nc(cc4c4cc5nc4c3c3ccc([nH]3)c(-c3c(F)c(F)c(F)c(F)c3F)c3ccc([nH]3)c(-c3c(F)c(F)c(F)c(F)c3F)c3ccc5[nH]3)c3ccc2[nH]3)c(F)c1F. The Hall–Kier alpha value is -11.1. The van der Waals surface area contributed by atoms with Crippen LogP contribution in [-0.2, 0) is 0 Å². The summed E-state index contributed by atoms with van der Waals surface area (Å²) in [4.78, 5) is 26.4. The quantitative estimate of drug-likeness (QED) is 0.0598. The maximum absolute atomic E-state index is 16.4. The number of aromatic amines is 6. The highest BCUT2D eigenvalue weighted by molar-refractivity contribution is 6.32. The van der Waals surface area contributed by atoms with E-state index in [1.165, 1.54) is 36.4 Å². The Bertz CT molecular complexity index is 5470. The molecule has 0 unspecified atom stereocenters.